The summed E-state index contributed by atoms with van der Waals surface area (Å²) in [4.78, 5) is 12.4. The van der Waals surface area contributed by atoms with Crippen LogP contribution in [0.25, 0.3) is 0 Å². The molecular formula is C19H19F4N5O2. The van der Waals surface area contributed by atoms with Gasteiger partial charge in [0.2, 0.25) is 0 Å². The molecule has 0 unspecified atom stereocenters. The van der Waals surface area contributed by atoms with E-state index in [9.17, 15) is 27.5 Å². The van der Waals surface area contributed by atoms with E-state index in [1.54, 1.807) is 0 Å². The molecule has 0 fully saturated rings. The molecule has 2 aromatic carbocycles. The molecule has 0 aromatic heterocycles. The zero-order valence-electron chi connectivity index (χ0n) is 15.8. The molecule has 0 aliphatic heterocycles. The average molecular weight is 425 g/mol. The molecule has 0 bridgehead atoms. The molecule has 0 aliphatic rings. The van der Waals surface area contributed by atoms with Crippen molar-refractivity contribution in [3.8, 4) is 6.07 Å². The van der Waals surface area contributed by atoms with E-state index in [4.69, 9.17) is 16.8 Å². The first-order valence-corrected chi connectivity index (χ1v) is 8.57. The number of nitrogens with one attached hydrogen (secondary N) is 1. The van der Waals surface area contributed by atoms with Crippen LogP contribution in [0.3, 0.4) is 0 Å². The number of hydrogen-bond donors (Lipinski definition) is 4. The van der Waals surface area contributed by atoms with Crippen LogP contribution >= 0.6 is 0 Å². The summed E-state index contributed by atoms with van der Waals surface area (Å²) in [6.45, 7) is 1.09. The van der Waals surface area contributed by atoms with E-state index in [-0.39, 0.29) is 30.0 Å². The highest BCUT2D eigenvalue weighted by Gasteiger charge is 2.35. The monoisotopic (exact) mass is 425 g/mol. The Labute approximate surface area is 169 Å². The summed E-state index contributed by atoms with van der Waals surface area (Å²) in [5.74, 6) is 4.31. The maximum Gasteiger partial charge on any atom is 0.417 e. The number of hydrazine groups is 1. The van der Waals surface area contributed by atoms with Gasteiger partial charge in [-0.1, -0.05) is 0 Å². The molecule has 6 N–H and O–H groups in total. The van der Waals surface area contributed by atoms with Crippen molar-refractivity contribution in [2.45, 2.75) is 25.1 Å². The molecule has 0 saturated carbocycles. The fraction of sp³-hybridized carbons (Fsp3) is 0.263. The summed E-state index contributed by atoms with van der Waals surface area (Å²) >= 11 is 0. The second-order valence-corrected chi connectivity index (χ2v) is 6.74. The van der Waals surface area contributed by atoms with Gasteiger partial charge in [-0.25, -0.2) is 10.2 Å². The summed E-state index contributed by atoms with van der Waals surface area (Å²) in [5.41, 5.74) is 1.97. The SMILES string of the molecule is C[C@](O)(CCN(N)c1ccc(F)cc1N)C(=O)Nc1ccc(C#N)c(C(F)(F)F)c1. The minimum atomic E-state index is -4.79. The number of carbonyl (C=O) groups excluding carboxylic acids is 1. The standard InChI is InChI=1S/C19H19F4N5O2/c1-18(30,6-7-28(26)16-5-3-12(20)8-15(16)25)17(29)27-13-4-2-11(10-24)14(9-13)19(21,22)23/h2-5,8-9,30H,6-7,25-26H2,1H3,(H,27,29)/t18-/m0/s1. The van der Waals surface area contributed by atoms with E-state index < -0.39 is 34.6 Å². The predicted molar refractivity (Wildman–Crippen MR) is 102 cm³/mol. The number of halogens is 4. The molecule has 1 atom stereocenters. The van der Waals surface area contributed by atoms with Crippen molar-refractivity contribution < 1.29 is 27.5 Å². The number of nitriles is 1. The Morgan fingerprint density at radius 2 is 1.93 bits per heavy atom. The summed E-state index contributed by atoms with van der Waals surface area (Å²) in [7, 11) is 0. The molecule has 11 heteroatoms. The van der Waals surface area contributed by atoms with E-state index in [2.05, 4.69) is 5.32 Å². The van der Waals surface area contributed by atoms with Gasteiger partial charge in [0, 0.05) is 18.7 Å². The van der Waals surface area contributed by atoms with Crippen molar-refractivity contribution in [2.24, 2.45) is 5.84 Å². The van der Waals surface area contributed by atoms with Gasteiger partial charge in [-0.15, -0.1) is 0 Å². The number of hydrogen-bond acceptors (Lipinski definition) is 6. The van der Waals surface area contributed by atoms with Crippen LogP contribution in [0.1, 0.15) is 24.5 Å². The average Bonchev–Trinajstić information content (AvgIpc) is 2.65. The third-order valence-electron chi connectivity index (χ3n) is 4.33. The van der Waals surface area contributed by atoms with Gasteiger partial charge in [-0.05, 0) is 43.3 Å². The highest BCUT2D eigenvalue weighted by atomic mass is 19.4. The van der Waals surface area contributed by atoms with Crippen LogP contribution in [-0.4, -0.2) is 23.2 Å². The molecular weight excluding hydrogens is 406 g/mol. The zero-order chi connectivity index (χ0) is 22.7. The fourth-order valence-electron chi connectivity index (χ4n) is 2.58. The topological polar surface area (TPSA) is 128 Å². The van der Waals surface area contributed by atoms with Crippen molar-refractivity contribution in [1.82, 2.24) is 0 Å². The molecule has 0 radical (unpaired) electrons. The number of anilines is 3. The first-order valence-electron chi connectivity index (χ1n) is 8.57. The largest absolute Gasteiger partial charge is 0.417 e. The van der Waals surface area contributed by atoms with Gasteiger partial charge in [0.05, 0.1) is 28.6 Å². The first kappa shape index (κ1) is 22.9. The van der Waals surface area contributed by atoms with E-state index in [1.807, 2.05) is 0 Å². The van der Waals surface area contributed by atoms with Crippen LogP contribution < -0.4 is 21.9 Å². The van der Waals surface area contributed by atoms with Gasteiger partial charge in [-0.3, -0.25) is 4.79 Å². The van der Waals surface area contributed by atoms with Gasteiger partial charge in [-0.2, -0.15) is 18.4 Å². The number of carbonyl (C=O) groups is 1. The second-order valence-electron chi connectivity index (χ2n) is 6.74. The normalized spacial score (nSPS) is 13.3. The number of rotatable bonds is 6. The van der Waals surface area contributed by atoms with E-state index in [0.29, 0.717) is 6.07 Å². The molecule has 0 spiro atoms. The Balaban J connectivity index is 2.10. The van der Waals surface area contributed by atoms with Crippen molar-refractivity contribution in [1.29, 1.82) is 5.26 Å². The number of benzene rings is 2. The second kappa shape index (κ2) is 8.56. The third kappa shape index (κ3) is 5.37. The van der Waals surface area contributed by atoms with E-state index in [0.717, 1.165) is 29.3 Å². The first-order chi connectivity index (χ1) is 13.8. The van der Waals surface area contributed by atoms with Crippen LogP contribution in [0.15, 0.2) is 36.4 Å². The van der Waals surface area contributed by atoms with Crippen molar-refractivity contribution in [3.05, 3.63) is 53.3 Å². The quantitative estimate of drug-likeness (QED) is 0.244. The Hall–Kier alpha value is -3.36. The summed E-state index contributed by atoms with van der Waals surface area (Å²) in [5, 5.41) is 22.5. The number of nitrogens with two attached hydrogens (primary N) is 2. The Morgan fingerprint density at radius 1 is 1.27 bits per heavy atom. The van der Waals surface area contributed by atoms with Crippen molar-refractivity contribution in [3.63, 3.8) is 0 Å². The molecule has 7 nitrogen and oxygen atoms in total. The molecule has 30 heavy (non-hydrogen) atoms. The lowest BCUT2D eigenvalue weighted by Crippen LogP contribution is -2.44. The van der Waals surface area contributed by atoms with Crippen LogP contribution in [0, 0.1) is 17.1 Å². The van der Waals surface area contributed by atoms with Gasteiger partial charge in [0.1, 0.15) is 11.4 Å². The predicted octanol–water partition coefficient (Wildman–Crippen LogP) is 2.76. The van der Waals surface area contributed by atoms with Crippen LogP contribution in [-0.2, 0) is 11.0 Å². The van der Waals surface area contributed by atoms with E-state index >= 15 is 0 Å². The van der Waals surface area contributed by atoms with Gasteiger partial charge >= 0.3 is 6.18 Å². The Kier molecular flexibility index (Phi) is 6.54. The lowest BCUT2D eigenvalue weighted by Gasteiger charge is -2.27. The van der Waals surface area contributed by atoms with Crippen LogP contribution in [0.4, 0.5) is 34.6 Å². The molecule has 1 amide bonds. The zero-order valence-corrected chi connectivity index (χ0v) is 15.8. The lowest BCUT2D eigenvalue weighted by molar-refractivity contribution is -0.138. The summed E-state index contributed by atoms with van der Waals surface area (Å²) < 4.78 is 52.3. The smallest absolute Gasteiger partial charge is 0.397 e. The van der Waals surface area contributed by atoms with Crippen LogP contribution in [0.2, 0.25) is 0 Å². The number of alkyl halides is 3. The van der Waals surface area contributed by atoms with Gasteiger partial charge in [0.15, 0.2) is 0 Å². The van der Waals surface area contributed by atoms with Gasteiger partial charge in [0.25, 0.3) is 5.91 Å². The van der Waals surface area contributed by atoms with Crippen molar-refractivity contribution in [2.75, 3.05) is 22.6 Å². The molecule has 0 heterocycles. The molecule has 160 valence electrons. The fourth-order valence-corrected chi connectivity index (χ4v) is 2.58. The van der Waals surface area contributed by atoms with Gasteiger partial charge < -0.3 is 21.2 Å². The summed E-state index contributed by atoms with van der Waals surface area (Å²) in [6, 6.07) is 7.62. The number of amides is 1. The highest BCUT2D eigenvalue weighted by molar-refractivity contribution is 5.97. The maximum atomic E-state index is 13.1. The number of nitrogen functional groups attached to an aromatic ring is 1. The lowest BCUT2D eigenvalue weighted by atomic mass is 10.0. The number of aliphatic hydroxyl groups is 1. The molecule has 0 saturated heterocycles. The third-order valence-corrected chi connectivity index (χ3v) is 4.33. The van der Waals surface area contributed by atoms with Crippen molar-refractivity contribution >= 4 is 23.0 Å². The summed E-state index contributed by atoms with van der Waals surface area (Å²) in [6.07, 6.45) is -5.00. The molecule has 0 aliphatic carbocycles. The van der Waals surface area contributed by atoms with Crippen LogP contribution in [0.5, 0.6) is 0 Å². The minimum absolute atomic E-state index is 0.0545. The molecule has 2 rings (SSSR count). The highest BCUT2D eigenvalue weighted by Crippen LogP contribution is 2.33. The number of nitrogens with zero attached hydrogens (tertiary/aromatic N) is 2. The maximum absolute atomic E-state index is 13.1. The Bertz CT molecular complexity index is 986. The Morgan fingerprint density at radius 3 is 2.50 bits per heavy atom. The minimum Gasteiger partial charge on any atom is -0.397 e. The van der Waals surface area contributed by atoms with E-state index in [1.165, 1.54) is 19.1 Å². The molecule has 2 aromatic rings.